The van der Waals surface area contributed by atoms with Crippen molar-refractivity contribution in [2.24, 2.45) is 0 Å². The molecule has 0 aliphatic carbocycles. The number of nitrogens with one attached hydrogen (secondary N) is 1. The van der Waals surface area contributed by atoms with Crippen LogP contribution in [0.5, 0.6) is 0 Å². The van der Waals surface area contributed by atoms with Crippen LogP contribution in [0.25, 0.3) is 0 Å². The zero-order chi connectivity index (χ0) is 12.1. The Labute approximate surface area is 102 Å². The van der Waals surface area contributed by atoms with E-state index in [1.165, 1.54) is 0 Å². The quantitative estimate of drug-likeness (QED) is 0.706. The Morgan fingerprint density at radius 1 is 1.07 bits per heavy atom. The molecule has 0 radical (unpaired) electrons. The summed E-state index contributed by atoms with van der Waals surface area (Å²) in [7, 11) is 0. The summed E-state index contributed by atoms with van der Waals surface area (Å²) in [5, 5.41) is 0. The van der Waals surface area contributed by atoms with E-state index in [2.05, 4.69) is 52.3 Å². The fourth-order valence-corrected chi connectivity index (χ4v) is 3.63. The Morgan fingerprint density at radius 2 is 1.47 bits per heavy atom. The van der Waals surface area contributed by atoms with Crippen LogP contribution in [0.3, 0.4) is 0 Å². The fraction of sp³-hybridized carbons (Fsp3) is 1.00. The van der Waals surface area contributed by atoms with Gasteiger partial charge in [0, 0.05) is 0 Å². The fourth-order valence-electron chi connectivity index (χ4n) is 0.880. The van der Waals surface area contributed by atoms with Crippen molar-refractivity contribution in [3.05, 3.63) is 0 Å². The Balaban J connectivity index is 4.23. The Bertz CT molecular complexity index is 162. The summed E-state index contributed by atoms with van der Waals surface area (Å²) in [5.41, 5.74) is 0.110. The summed E-state index contributed by atoms with van der Waals surface area (Å²) in [6.45, 7) is 14.8. The van der Waals surface area contributed by atoms with Crippen LogP contribution in [-0.2, 0) is 25.5 Å². The topological polar surface area (TPSA) is 30.5 Å². The average molecular weight is 252 g/mol. The van der Waals surface area contributed by atoms with Gasteiger partial charge in [0.05, 0.1) is 0 Å². The molecule has 0 amide bonds. The number of rotatable bonds is 7. The van der Waals surface area contributed by atoms with Gasteiger partial charge in [-0.2, -0.15) is 0 Å². The number of hydrogen-bond donors (Lipinski definition) is 1. The van der Waals surface area contributed by atoms with E-state index in [4.69, 9.17) is 6.64 Å². The van der Waals surface area contributed by atoms with E-state index >= 15 is 0 Å². The van der Waals surface area contributed by atoms with Gasteiger partial charge in [-0.25, -0.2) is 0 Å². The Hall–Kier alpha value is 0.594. The molecule has 0 aromatic heterocycles. The molecule has 0 bridgehead atoms. The van der Waals surface area contributed by atoms with E-state index in [0.717, 1.165) is 6.42 Å². The van der Waals surface area contributed by atoms with Gasteiger partial charge in [-0.05, 0) is 0 Å². The van der Waals surface area contributed by atoms with Crippen molar-refractivity contribution in [1.29, 1.82) is 0 Å². The van der Waals surface area contributed by atoms with Gasteiger partial charge in [0.1, 0.15) is 0 Å². The third-order valence-corrected chi connectivity index (χ3v) is 5.53. The molecule has 0 unspecified atom stereocenters. The van der Waals surface area contributed by atoms with Gasteiger partial charge in [-0.3, -0.25) is 0 Å². The molecule has 0 aromatic carbocycles. The first-order chi connectivity index (χ1) is 6.76. The maximum absolute atomic E-state index is 5.83. The molecular formula is C11H26NO2Ti. The van der Waals surface area contributed by atoms with Crippen LogP contribution in [0.2, 0.25) is 0 Å². The molecule has 0 aliphatic rings. The third kappa shape index (κ3) is 8.41. The van der Waals surface area contributed by atoms with Crippen molar-refractivity contribution < 1.29 is 25.5 Å². The Morgan fingerprint density at radius 3 is 1.73 bits per heavy atom. The summed E-state index contributed by atoms with van der Waals surface area (Å²) in [5.74, 6) is 0. The maximum atomic E-state index is 5.83. The molecule has 0 aliphatic heterocycles. The molecule has 0 saturated carbocycles. The molecule has 91 valence electrons. The molecular weight excluding hydrogens is 226 g/mol. The van der Waals surface area contributed by atoms with Gasteiger partial charge in [-0.1, -0.05) is 0 Å². The van der Waals surface area contributed by atoms with Crippen LogP contribution < -0.4 is 3.80 Å². The monoisotopic (exact) mass is 252 g/mol. The van der Waals surface area contributed by atoms with Crippen LogP contribution in [0.1, 0.15) is 54.9 Å². The van der Waals surface area contributed by atoms with Gasteiger partial charge in [-0.15, -0.1) is 0 Å². The standard InChI is InChI=1S/C5H12N.2C3H7O.Ti/c1-4-5(2,3)6;2*1-3(2)4;/h6H,4H2,1-3H3;2*3H,1-2H3;/q3*-1;+3. The van der Waals surface area contributed by atoms with Crippen molar-refractivity contribution in [2.45, 2.75) is 72.6 Å². The van der Waals surface area contributed by atoms with Crippen LogP contribution in [-0.4, -0.2) is 17.7 Å². The van der Waals surface area contributed by atoms with Crippen molar-refractivity contribution in [1.82, 2.24) is 3.80 Å². The first kappa shape index (κ1) is 15.6. The summed E-state index contributed by atoms with van der Waals surface area (Å²) in [6.07, 6.45) is 1.55. The van der Waals surface area contributed by atoms with Crippen molar-refractivity contribution >= 4 is 0 Å². The molecule has 0 spiro atoms. The van der Waals surface area contributed by atoms with E-state index in [-0.39, 0.29) is 17.7 Å². The third-order valence-electron chi connectivity index (χ3n) is 2.01. The van der Waals surface area contributed by atoms with Crippen molar-refractivity contribution in [3.63, 3.8) is 0 Å². The van der Waals surface area contributed by atoms with Gasteiger partial charge in [0.25, 0.3) is 0 Å². The molecule has 0 rings (SSSR count). The second-order valence-electron chi connectivity index (χ2n) is 4.98. The van der Waals surface area contributed by atoms with E-state index in [1.807, 2.05) is 0 Å². The van der Waals surface area contributed by atoms with Gasteiger partial charge in [0.15, 0.2) is 0 Å². The van der Waals surface area contributed by atoms with Crippen LogP contribution in [0.15, 0.2) is 0 Å². The Kier molecular flexibility index (Phi) is 7.30. The van der Waals surface area contributed by atoms with E-state index in [0.29, 0.717) is 0 Å². The number of hydrogen-bond acceptors (Lipinski definition) is 3. The zero-order valence-electron chi connectivity index (χ0n) is 11.2. The second-order valence-corrected chi connectivity index (χ2v) is 7.01. The first-order valence-corrected chi connectivity index (χ1v) is 7.81. The summed E-state index contributed by atoms with van der Waals surface area (Å²) in [4.78, 5) is 0. The van der Waals surface area contributed by atoms with E-state index in [9.17, 15) is 0 Å². The molecule has 0 aromatic rings. The van der Waals surface area contributed by atoms with Crippen molar-refractivity contribution in [2.75, 3.05) is 0 Å². The molecule has 0 heterocycles. The van der Waals surface area contributed by atoms with Crippen molar-refractivity contribution in [3.8, 4) is 0 Å². The molecule has 0 fully saturated rings. The van der Waals surface area contributed by atoms with E-state index < -0.39 is 18.9 Å². The normalized spacial score (nSPS) is 12.6. The first-order valence-electron chi connectivity index (χ1n) is 5.75. The summed E-state index contributed by atoms with van der Waals surface area (Å²) < 4.78 is 15.2. The molecule has 15 heavy (non-hydrogen) atoms. The SMILES string of the molecule is CCC(C)(C)[NH][Ti]([O]C(C)C)[O]C(C)C. The predicted molar refractivity (Wildman–Crippen MR) is 59.9 cm³/mol. The van der Waals surface area contributed by atoms with Gasteiger partial charge < -0.3 is 0 Å². The summed E-state index contributed by atoms with van der Waals surface area (Å²) in [6, 6.07) is 0. The zero-order valence-corrected chi connectivity index (χ0v) is 12.7. The van der Waals surface area contributed by atoms with E-state index in [1.54, 1.807) is 0 Å². The minimum atomic E-state index is -2.03. The summed E-state index contributed by atoms with van der Waals surface area (Å²) >= 11 is -2.03. The second kappa shape index (κ2) is 7.02. The van der Waals surface area contributed by atoms with Crippen LogP contribution >= 0.6 is 0 Å². The molecule has 0 saturated heterocycles. The van der Waals surface area contributed by atoms with Crippen LogP contribution in [0.4, 0.5) is 0 Å². The molecule has 3 nitrogen and oxygen atoms in total. The average Bonchev–Trinajstić information content (AvgIpc) is 2.00. The molecule has 0 atom stereocenters. The molecule has 4 heteroatoms. The molecule has 1 N–H and O–H groups in total. The van der Waals surface area contributed by atoms with Gasteiger partial charge >= 0.3 is 102 Å². The van der Waals surface area contributed by atoms with Crippen LogP contribution in [0, 0.1) is 0 Å². The predicted octanol–water partition coefficient (Wildman–Crippen LogP) is 2.98. The van der Waals surface area contributed by atoms with Gasteiger partial charge in [0.2, 0.25) is 0 Å². The minimum absolute atomic E-state index is 0.110.